The highest BCUT2D eigenvalue weighted by Crippen LogP contribution is 2.19. The van der Waals surface area contributed by atoms with Gasteiger partial charge in [0.25, 0.3) is 0 Å². The predicted molar refractivity (Wildman–Crippen MR) is 134 cm³/mol. The largest absolute Gasteiger partial charge is 0.344 e. The van der Waals surface area contributed by atoms with Crippen LogP contribution in [-0.2, 0) is 16.0 Å². The van der Waals surface area contributed by atoms with Gasteiger partial charge >= 0.3 is 0 Å². The fourth-order valence-corrected chi connectivity index (χ4v) is 4.30. The number of carbonyl (C=O) groups is 2. The lowest BCUT2D eigenvalue weighted by atomic mass is 10.0. The van der Waals surface area contributed by atoms with Crippen LogP contribution in [-0.4, -0.2) is 60.4 Å². The number of benzene rings is 3. The Morgan fingerprint density at radius 1 is 0.909 bits per heavy atom. The summed E-state index contributed by atoms with van der Waals surface area (Å²) >= 11 is 0. The third-order valence-corrected chi connectivity index (χ3v) is 6.14. The first-order valence-electron chi connectivity index (χ1n) is 11.6. The van der Waals surface area contributed by atoms with E-state index in [9.17, 15) is 9.59 Å². The molecule has 0 bridgehead atoms. The summed E-state index contributed by atoms with van der Waals surface area (Å²) in [6.45, 7) is 5.68. The minimum Gasteiger partial charge on any atom is -0.344 e. The van der Waals surface area contributed by atoms with Gasteiger partial charge in [0.1, 0.15) is 6.04 Å². The Bertz CT molecular complexity index is 1110. The number of hydrogen-bond acceptors (Lipinski definition) is 3. The topological polar surface area (TPSA) is 52.7 Å². The maximum Gasteiger partial charge on any atom is 0.244 e. The molecular weight excluding hydrogens is 410 g/mol. The lowest BCUT2D eigenvalue weighted by Gasteiger charge is -2.35. The van der Waals surface area contributed by atoms with Crippen LogP contribution in [0.5, 0.6) is 0 Å². The van der Waals surface area contributed by atoms with Gasteiger partial charge in [0.2, 0.25) is 11.8 Å². The summed E-state index contributed by atoms with van der Waals surface area (Å²) in [6, 6.07) is 23.7. The third kappa shape index (κ3) is 6.08. The van der Waals surface area contributed by atoms with E-state index >= 15 is 0 Å². The lowest BCUT2D eigenvalue weighted by Crippen LogP contribution is -2.54. The molecule has 3 aromatic rings. The minimum atomic E-state index is -0.531. The standard InChI is InChI=1S/C28H31N3O2/c1-22(29-27(32)21-25-14-7-13-24-12-5-6-15-26(24)25)28(33)31-19-17-30(18-20-31)16-8-11-23-9-3-2-4-10-23/h2-15,22H,16-21H2,1H3,(H,29,32)/b11-8+. The van der Waals surface area contributed by atoms with Gasteiger partial charge in [-0.15, -0.1) is 0 Å². The van der Waals surface area contributed by atoms with Gasteiger partial charge in [0.15, 0.2) is 0 Å². The number of rotatable bonds is 7. The van der Waals surface area contributed by atoms with Gasteiger partial charge in [-0.25, -0.2) is 0 Å². The Hall–Kier alpha value is -3.44. The maximum absolute atomic E-state index is 12.9. The normalized spacial score (nSPS) is 15.6. The molecule has 5 nitrogen and oxygen atoms in total. The monoisotopic (exact) mass is 441 g/mol. The number of piperazine rings is 1. The van der Waals surface area contributed by atoms with Crippen LogP contribution in [0.15, 0.2) is 78.9 Å². The summed E-state index contributed by atoms with van der Waals surface area (Å²) in [6.07, 6.45) is 4.56. The quantitative estimate of drug-likeness (QED) is 0.608. The highest BCUT2D eigenvalue weighted by Gasteiger charge is 2.25. The molecule has 0 aliphatic carbocycles. The molecule has 170 valence electrons. The molecule has 0 aromatic heterocycles. The molecule has 1 atom stereocenters. The van der Waals surface area contributed by atoms with Crippen molar-refractivity contribution in [1.82, 2.24) is 15.1 Å². The van der Waals surface area contributed by atoms with Crippen LogP contribution >= 0.6 is 0 Å². The number of amides is 2. The van der Waals surface area contributed by atoms with Crippen LogP contribution < -0.4 is 5.32 Å². The van der Waals surface area contributed by atoms with Crippen LogP contribution in [0.2, 0.25) is 0 Å². The minimum absolute atomic E-state index is 0.0132. The van der Waals surface area contributed by atoms with Crippen molar-refractivity contribution in [2.24, 2.45) is 0 Å². The molecule has 1 heterocycles. The molecule has 1 N–H and O–H groups in total. The van der Waals surface area contributed by atoms with Gasteiger partial charge in [-0.2, -0.15) is 0 Å². The second-order valence-electron chi connectivity index (χ2n) is 8.54. The van der Waals surface area contributed by atoms with E-state index in [1.807, 2.05) is 65.6 Å². The number of carbonyl (C=O) groups excluding carboxylic acids is 2. The summed E-state index contributed by atoms with van der Waals surface area (Å²) in [5.41, 5.74) is 2.17. The van der Waals surface area contributed by atoms with Crippen molar-refractivity contribution < 1.29 is 9.59 Å². The molecule has 5 heteroatoms. The Morgan fingerprint density at radius 2 is 1.61 bits per heavy atom. The zero-order valence-corrected chi connectivity index (χ0v) is 19.1. The first-order valence-corrected chi connectivity index (χ1v) is 11.6. The first-order chi connectivity index (χ1) is 16.1. The van der Waals surface area contributed by atoms with Crippen molar-refractivity contribution in [2.45, 2.75) is 19.4 Å². The molecule has 0 spiro atoms. The molecule has 2 amide bonds. The Balaban J connectivity index is 1.24. The van der Waals surface area contributed by atoms with E-state index < -0.39 is 6.04 Å². The average molecular weight is 442 g/mol. The Labute approximate surface area is 195 Å². The van der Waals surface area contributed by atoms with Gasteiger partial charge in [-0.3, -0.25) is 14.5 Å². The summed E-state index contributed by atoms with van der Waals surface area (Å²) in [5.74, 6) is -0.141. The molecular formula is C28H31N3O2. The van der Waals surface area contributed by atoms with Crippen molar-refractivity contribution >= 4 is 28.7 Å². The molecule has 1 unspecified atom stereocenters. The van der Waals surface area contributed by atoms with E-state index in [1.54, 1.807) is 6.92 Å². The van der Waals surface area contributed by atoms with Gasteiger partial charge in [0, 0.05) is 32.7 Å². The van der Waals surface area contributed by atoms with E-state index in [4.69, 9.17) is 0 Å². The summed E-state index contributed by atoms with van der Waals surface area (Å²) < 4.78 is 0. The van der Waals surface area contributed by atoms with E-state index in [0.717, 1.165) is 36.0 Å². The predicted octanol–water partition coefficient (Wildman–Crippen LogP) is 3.74. The van der Waals surface area contributed by atoms with Crippen molar-refractivity contribution in [1.29, 1.82) is 0 Å². The van der Waals surface area contributed by atoms with Crippen LogP contribution in [0, 0.1) is 0 Å². The molecule has 4 rings (SSSR count). The van der Waals surface area contributed by atoms with E-state index in [1.165, 1.54) is 5.56 Å². The molecule has 0 saturated carbocycles. The molecule has 3 aromatic carbocycles. The average Bonchev–Trinajstić information content (AvgIpc) is 2.85. The van der Waals surface area contributed by atoms with Crippen LogP contribution in [0.4, 0.5) is 0 Å². The van der Waals surface area contributed by atoms with Crippen molar-refractivity contribution in [3.05, 3.63) is 90.0 Å². The maximum atomic E-state index is 12.9. The molecule has 1 saturated heterocycles. The van der Waals surface area contributed by atoms with Gasteiger partial charge in [0.05, 0.1) is 6.42 Å². The number of fused-ring (bicyclic) bond motifs is 1. The van der Waals surface area contributed by atoms with E-state index in [0.29, 0.717) is 13.1 Å². The number of nitrogens with zero attached hydrogens (tertiary/aromatic N) is 2. The first kappa shape index (κ1) is 22.7. The third-order valence-electron chi connectivity index (χ3n) is 6.14. The van der Waals surface area contributed by atoms with Gasteiger partial charge in [-0.1, -0.05) is 84.9 Å². The fourth-order valence-electron chi connectivity index (χ4n) is 4.30. The smallest absolute Gasteiger partial charge is 0.244 e. The zero-order valence-electron chi connectivity index (χ0n) is 19.1. The molecule has 1 aliphatic rings. The lowest BCUT2D eigenvalue weighted by molar-refractivity contribution is -0.137. The van der Waals surface area contributed by atoms with Gasteiger partial charge < -0.3 is 10.2 Å². The summed E-state index contributed by atoms with van der Waals surface area (Å²) in [4.78, 5) is 29.7. The molecule has 1 aliphatic heterocycles. The highest BCUT2D eigenvalue weighted by atomic mass is 16.2. The van der Waals surface area contributed by atoms with Crippen LogP contribution in [0.1, 0.15) is 18.1 Å². The Kier molecular flexibility index (Phi) is 7.53. The van der Waals surface area contributed by atoms with Gasteiger partial charge in [-0.05, 0) is 28.8 Å². The second-order valence-corrected chi connectivity index (χ2v) is 8.54. The fraction of sp³-hybridized carbons (Fsp3) is 0.286. The zero-order chi connectivity index (χ0) is 23.0. The molecule has 1 fully saturated rings. The molecule has 33 heavy (non-hydrogen) atoms. The second kappa shape index (κ2) is 10.9. The highest BCUT2D eigenvalue weighted by molar-refractivity contribution is 5.92. The number of nitrogens with one attached hydrogen (secondary N) is 1. The Morgan fingerprint density at radius 3 is 2.39 bits per heavy atom. The summed E-state index contributed by atoms with van der Waals surface area (Å²) in [5, 5.41) is 5.09. The van der Waals surface area contributed by atoms with Crippen molar-refractivity contribution in [3.63, 3.8) is 0 Å². The van der Waals surface area contributed by atoms with Crippen LogP contribution in [0.3, 0.4) is 0 Å². The van der Waals surface area contributed by atoms with Crippen molar-refractivity contribution in [2.75, 3.05) is 32.7 Å². The SMILES string of the molecule is CC(NC(=O)Cc1cccc2ccccc12)C(=O)N1CCN(C/C=C/c2ccccc2)CC1. The van der Waals surface area contributed by atoms with E-state index in [2.05, 4.69) is 34.5 Å². The van der Waals surface area contributed by atoms with Crippen molar-refractivity contribution in [3.8, 4) is 0 Å². The van der Waals surface area contributed by atoms with E-state index in [-0.39, 0.29) is 18.2 Å². The summed E-state index contributed by atoms with van der Waals surface area (Å²) in [7, 11) is 0. The number of hydrogen-bond donors (Lipinski definition) is 1. The molecule has 0 radical (unpaired) electrons. The van der Waals surface area contributed by atoms with Crippen LogP contribution in [0.25, 0.3) is 16.8 Å².